The topological polar surface area (TPSA) is 84.3 Å². The van der Waals surface area contributed by atoms with E-state index in [1.165, 1.54) is 29.7 Å². The molecular formula is C13H12BrNO4S2. The van der Waals surface area contributed by atoms with Gasteiger partial charge in [0.05, 0.1) is 21.2 Å². The summed E-state index contributed by atoms with van der Waals surface area (Å²) in [6.07, 6.45) is 1.53. The third-order valence-corrected chi connectivity index (χ3v) is 6.58. The summed E-state index contributed by atoms with van der Waals surface area (Å²) in [6.45, 7) is 3.44. The van der Waals surface area contributed by atoms with Crippen LogP contribution in [0.4, 0.5) is 0 Å². The number of carbonyl (C=O) groups is 1. The first-order valence-corrected chi connectivity index (χ1v) is 9.14. The molecule has 5 nitrogen and oxygen atoms in total. The molecule has 0 spiro atoms. The van der Waals surface area contributed by atoms with Crippen molar-refractivity contribution in [1.82, 2.24) is 4.98 Å². The van der Waals surface area contributed by atoms with Crippen molar-refractivity contribution in [3.63, 3.8) is 0 Å². The summed E-state index contributed by atoms with van der Waals surface area (Å²) >= 11 is 4.52. The second-order valence-electron chi connectivity index (χ2n) is 4.49. The minimum atomic E-state index is -3.63. The Bertz CT molecular complexity index is 812. The molecule has 112 valence electrons. The Morgan fingerprint density at radius 1 is 1.38 bits per heavy atom. The minimum absolute atomic E-state index is 0.0281. The van der Waals surface area contributed by atoms with Gasteiger partial charge in [0.1, 0.15) is 0 Å². The highest BCUT2D eigenvalue weighted by molar-refractivity contribution is 9.10. The van der Waals surface area contributed by atoms with Crippen LogP contribution in [0.15, 0.2) is 27.7 Å². The standard InChI is InChI=1S/C13H12BrNO4S2/c1-7-11(14)3-9(13(16)17)4-12(7)21(18,19)6-10-5-15-8(2)20-10/h3-5H,6H2,1-2H3,(H,16,17). The predicted octanol–water partition coefficient (Wildman–Crippen LogP) is 3.19. The number of aryl methyl sites for hydroxylation is 1. The van der Waals surface area contributed by atoms with Crippen molar-refractivity contribution < 1.29 is 18.3 Å². The van der Waals surface area contributed by atoms with Crippen molar-refractivity contribution in [1.29, 1.82) is 0 Å². The van der Waals surface area contributed by atoms with Crippen molar-refractivity contribution in [3.05, 3.63) is 43.8 Å². The number of aromatic carboxylic acids is 1. The third-order valence-electron chi connectivity index (χ3n) is 2.88. The highest BCUT2D eigenvalue weighted by Gasteiger charge is 2.22. The SMILES string of the molecule is Cc1ncc(CS(=O)(=O)c2cc(C(=O)O)cc(Br)c2C)s1. The molecule has 0 amide bonds. The van der Waals surface area contributed by atoms with Crippen LogP contribution in [-0.2, 0) is 15.6 Å². The molecule has 2 aromatic rings. The van der Waals surface area contributed by atoms with E-state index in [1.807, 2.05) is 0 Å². The average Bonchev–Trinajstić information content (AvgIpc) is 2.76. The number of carboxylic acid groups (broad SMARTS) is 1. The quantitative estimate of drug-likeness (QED) is 0.867. The maximum atomic E-state index is 12.5. The number of aromatic nitrogens is 1. The molecule has 0 aliphatic carbocycles. The van der Waals surface area contributed by atoms with Crippen LogP contribution < -0.4 is 0 Å². The number of hydrogen-bond donors (Lipinski definition) is 1. The van der Waals surface area contributed by atoms with E-state index in [1.54, 1.807) is 13.8 Å². The van der Waals surface area contributed by atoms with Gasteiger partial charge in [-0.05, 0) is 31.5 Å². The first kappa shape index (κ1) is 16.1. The summed E-state index contributed by atoms with van der Waals surface area (Å²) in [6, 6.07) is 2.60. The number of benzene rings is 1. The van der Waals surface area contributed by atoms with E-state index >= 15 is 0 Å². The third kappa shape index (κ3) is 3.50. The molecule has 1 N–H and O–H groups in total. The second-order valence-corrected chi connectivity index (χ2v) is 8.62. The number of thiazole rings is 1. The molecule has 0 unspecified atom stereocenters. The fourth-order valence-electron chi connectivity index (χ4n) is 1.84. The second kappa shape index (κ2) is 5.86. The summed E-state index contributed by atoms with van der Waals surface area (Å²) in [5.74, 6) is -1.35. The molecular weight excluding hydrogens is 378 g/mol. The highest BCUT2D eigenvalue weighted by atomic mass is 79.9. The molecule has 2 rings (SSSR count). The molecule has 0 bridgehead atoms. The Labute approximate surface area is 134 Å². The predicted molar refractivity (Wildman–Crippen MR) is 83.6 cm³/mol. The first-order valence-electron chi connectivity index (χ1n) is 5.88. The molecule has 0 aliphatic rings. The van der Waals surface area contributed by atoms with Gasteiger partial charge in [0.2, 0.25) is 0 Å². The van der Waals surface area contributed by atoms with Crippen molar-refractivity contribution in [2.45, 2.75) is 24.5 Å². The van der Waals surface area contributed by atoms with E-state index < -0.39 is 15.8 Å². The Balaban J connectivity index is 2.51. The van der Waals surface area contributed by atoms with Gasteiger partial charge in [0, 0.05) is 15.5 Å². The lowest BCUT2D eigenvalue weighted by Gasteiger charge is -2.10. The summed E-state index contributed by atoms with van der Waals surface area (Å²) in [7, 11) is -3.63. The van der Waals surface area contributed by atoms with Crippen LogP contribution in [0.3, 0.4) is 0 Å². The lowest BCUT2D eigenvalue weighted by atomic mass is 10.1. The van der Waals surface area contributed by atoms with Crippen LogP contribution in [0.2, 0.25) is 0 Å². The van der Waals surface area contributed by atoms with Gasteiger partial charge < -0.3 is 5.11 Å². The van der Waals surface area contributed by atoms with Crippen LogP contribution in [0.5, 0.6) is 0 Å². The molecule has 0 aliphatic heterocycles. The zero-order valence-corrected chi connectivity index (χ0v) is 14.5. The van der Waals surface area contributed by atoms with Crippen LogP contribution in [0.1, 0.15) is 25.8 Å². The van der Waals surface area contributed by atoms with Crippen LogP contribution in [-0.4, -0.2) is 24.5 Å². The monoisotopic (exact) mass is 389 g/mol. The molecule has 0 saturated heterocycles. The van der Waals surface area contributed by atoms with Gasteiger partial charge in [-0.15, -0.1) is 11.3 Å². The van der Waals surface area contributed by atoms with Crippen molar-refractivity contribution >= 4 is 43.1 Å². The molecule has 21 heavy (non-hydrogen) atoms. The zero-order valence-electron chi connectivity index (χ0n) is 11.3. The number of hydrogen-bond acceptors (Lipinski definition) is 5. The number of sulfone groups is 1. The average molecular weight is 390 g/mol. The van der Waals surface area contributed by atoms with E-state index in [4.69, 9.17) is 5.11 Å². The fourth-order valence-corrected chi connectivity index (χ4v) is 5.21. The van der Waals surface area contributed by atoms with Crippen LogP contribution >= 0.6 is 27.3 Å². The maximum absolute atomic E-state index is 12.5. The van der Waals surface area contributed by atoms with Crippen molar-refractivity contribution in [2.24, 2.45) is 0 Å². The van der Waals surface area contributed by atoms with E-state index in [2.05, 4.69) is 20.9 Å². The summed E-state index contributed by atoms with van der Waals surface area (Å²) < 4.78 is 25.5. The van der Waals surface area contributed by atoms with E-state index in [-0.39, 0.29) is 16.2 Å². The first-order chi connectivity index (χ1) is 9.70. The lowest BCUT2D eigenvalue weighted by Crippen LogP contribution is -2.09. The number of halogens is 1. The Morgan fingerprint density at radius 2 is 2.05 bits per heavy atom. The molecule has 0 fully saturated rings. The number of carboxylic acids is 1. The van der Waals surface area contributed by atoms with Gasteiger partial charge in [0.15, 0.2) is 9.84 Å². The Morgan fingerprint density at radius 3 is 2.57 bits per heavy atom. The Hall–Kier alpha value is -1.25. The molecule has 0 atom stereocenters. The molecule has 1 aromatic heterocycles. The smallest absolute Gasteiger partial charge is 0.335 e. The van der Waals surface area contributed by atoms with E-state index in [9.17, 15) is 13.2 Å². The van der Waals surface area contributed by atoms with Crippen molar-refractivity contribution in [2.75, 3.05) is 0 Å². The Kier molecular flexibility index (Phi) is 4.50. The van der Waals surface area contributed by atoms with Gasteiger partial charge >= 0.3 is 5.97 Å². The summed E-state index contributed by atoms with van der Waals surface area (Å²) in [4.78, 5) is 15.8. The molecule has 1 aromatic carbocycles. The number of nitrogens with zero attached hydrogens (tertiary/aromatic N) is 1. The van der Waals surface area contributed by atoms with Crippen molar-refractivity contribution in [3.8, 4) is 0 Å². The fraction of sp³-hybridized carbons (Fsp3) is 0.231. The van der Waals surface area contributed by atoms with Crippen LogP contribution in [0.25, 0.3) is 0 Å². The minimum Gasteiger partial charge on any atom is -0.478 e. The molecule has 8 heteroatoms. The van der Waals surface area contributed by atoms with Gasteiger partial charge in [-0.25, -0.2) is 18.2 Å². The highest BCUT2D eigenvalue weighted by Crippen LogP contribution is 2.29. The molecule has 1 heterocycles. The van der Waals surface area contributed by atoms with E-state index in [0.717, 1.165) is 5.01 Å². The summed E-state index contributed by atoms with van der Waals surface area (Å²) in [5, 5.41) is 9.85. The summed E-state index contributed by atoms with van der Waals surface area (Å²) in [5.41, 5.74) is 0.438. The molecule has 0 saturated carbocycles. The van der Waals surface area contributed by atoms with Gasteiger partial charge in [0.25, 0.3) is 0 Å². The molecule has 0 radical (unpaired) electrons. The van der Waals surface area contributed by atoms with Crippen LogP contribution in [0, 0.1) is 13.8 Å². The van der Waals surface area contributed by atoms with E-state index in [0.29, 0.717) is 14.9 Å². The maximum Gasteiger partial charge on any atom is 0.335 e. The zero-order chi connectivity index (χ0) is 15.8. The largest absolute Gasteiger partial charge is 0.478 e. The van der Waals surface area contributed by atoms with Gasteiger partial charge in [-0.1, -0.05) is 15.9 Å². The van der Waals surface area contributed by atoms with Gasteiger partial charge in [-0.2, -0.15) is 0 Å². The normalized spacial score (nSPS) is 11.6. The number of rotatable bonds is 4. The van der Waals surface area contributed by atoms with Gasteiger partial charge in [-0.3, -0.25) is 0 Å². The lowest BCUT2D eigenvalue weighted by molar-refractivity contribution is 0.0696.